The van der Waals surface area contributed by atoms with Crippen LogP contribution in [0, 0.1) is 6.92 Å². The number of hydrogen-bond acceptors (Lipinski definition) is 0. The van der Waals surface area contributed by atoms with Crippen LogP contribution in [-0.4, -0.2) is 11.3 Å². The zero-order chi connectivity index (χ0) is 6.62. The van der Waals surface area contributed by atoms with E-state index in [1.807, 2.05) is 0 Å². The molecule has 0 amide bonds. The van der Waals surface area contributed by atoms with Crippen molar-refractivity contribution in [2.45, 2.75) is 32.3 Å². The van der Waals surface area contributed by atoms with Gasteiger partial charge in [-0.3, -0.25) is 0 Å². The summed E-state index contributed by atoms with van der Waals surface area (Å²) in [7, 11) is 1.02. The normalized spacial score (nSPS) is 13.5. The van der Waals surface area contributed by atoms with Crippen LogP contribution in [0.3, 0.4) is 0 Å². The van der Waals surface area contributed by atoms with Gasteiger partial charge in [0.05, 0.1) is 0 Å². The molecular weight excluding hydrogens is 115 g/mol. The lowest BCUT2D eigenvalue weighted by Gasteiger charge is -2.16. The molecule has 0 aromatic rings. The van der Waals surface area contributed by atoms with Crippen LogP contribution in [0.15, 0.2) is 0 Å². The Morgan fingerprint density at radius 2 is 1.88 bits per heavy atom. The average molecular weight is 130 g/mol. The molecule has 1 atom stereocenters. The van der Waals surface area contributed by atoms with Crippen molar-refractivity contribution in [2.75, 3.05) is 6.16 Å². The van der Waals surface area contributed by atoms with E-state index >= 15 is 0 Å². The fraction of sp³-hybridized carbons (Fsp3) is 0.857. The summed E-state index contributed by atoms with van der Waals surface area (Å²) in [5, 5.41) is 0.499. The highest BCUT2D eigenvalue weighted by Gasteiger charge is 2.06. The van der Waals surface area contributed by atoms with Crippen LogP contribution < -0.4 is 0 Å². The largest absolute Gasteiger partial charge is 0.116 e. The fourth-order valence-corrected chi connectivity index (χ4v) is 1.34. The summed E-state index contributed by atoms with van der Waals surface area (Å²) in [4.78, 5) is 0. The Bertz CT molecular complexity index is 51.9. The van der Waals surface area contributed by atoms with Crippen molar-refractivity contribution in [2.24, 2.45) is 0 Å². The molecule has 0 heterocycles. The molecule has 0 rings (SSSR count). The van der Waals surface area contributed by atoms with Gasteiger partial charge < -0.3 is 0 Å². The Morgan fingerprint density at radius 1 is 1.38 bits per heavy atom. The van der Waals surface area contributed by atoms with Crippen LogP contribution in [0.4, 0.5) is 0 Å². The summed E-state index contributed by atoms with van der Waals surface area (Å²) >= 11 is 0. The Morgan fingerprint density at radius 3 is 2.00 bits per heavy atom. The molecule has 0 aliphatic heterocycles. The van der Waals surface area contributed by atoms with E-state index in [9.17, 15) is 0 Å². The van der Waals surface area contributed by atoms with Crippen molar-refractivity contribution in [1.29, 1.82) is 0 Å². The van der Waals surface area contributed by atoms with Gasteiger partial charge in [0.1, 0.15) is 0 Å². The molecule has 8 heavy (non-hydrogen) atoms. The molecule has 0 aliphatic carbocycles. The van der Waals surface area contributed by atoms with Gasteiger partial charge in [-0.15, -0.1) is 8.58 Å². The summed E-state index contributed by atoms with van der Waals surface area (Å²) < 4.78 is 0. The molecule has 0 saturated heterocycles. The first-order chi connectivity index (χ1) is 3.56. The molecule has 0 N–H and O–H groups in total. The second-order valence-corrected chi connectivity index (χ2v) is 5.32. The standard InChI is InChI=1S/C7H15P/c1-5-6-8-7(2,3)4/h1,8H,5-6H2,2-4H3. The van der Waals surface area contributed by atoms with Crippen LogP contribution in [0.25, 0.3) is 0 Å². The summed E-state index contributed by atoms with van der Waals surface area (Å²) in [6.07, 6.45) is 2.03. The lowest BCUT2D eigenvalue weighted by Crippen LogP contribution is -2.05. The highest BCUT2D eigenvalue weighted by Crippen LogP contribution is 2.30. The van der Waals surface area contributed by atoms with Gasteiger partial charge in [-0.1, -0.05) is 20.8 Å². The first-order valence-electron chi connectivity index (χ1n) is 3.01. The van der Waals surface area contributed by atoms with E-state index in [1.54, 1.807) is 0 Å². The minimum Gasteiger partial charge on any atom is -0.116 e. The Labute approximate surface area is 54.8 Å². The number of rotatable bonds is 2. The molecule has 0 saturated carbocycles. The van der Waals surface area contributed by atoms with Gasteiger partial charge in [-0.2, -0.15) is 0 Å². The SMILES string of the molecule is [CH]CCPC(C)(C)C. The van der Waals surface area contributed by atoms with E-state index in [4.69, 9.17) is 6.92 Å². The quantitative estimate of drug-likeness (QED) is 0.504. The fourth-order valence-electron chi connectivity index (χ4n) is 0.447. The van der Waals surface area contributed by atoms with Gasteiger partial charge in [0.2, 0.25) is 0 Å². The molecule has 0 aliphatic rings. The van der Waals surface area contributed by atoms with Gasteiger partial charge >= 0.3 is 0 Å². The van der Waals surface area contributed by atoms with Crippen molar-refractivity contribution >= 4 is 8.58 Å². The van der Waals surface area contributed by atoms with Crippen LogP contribution in [0.2, 0.25) is 0 Å². The van der Waals surface area contributed by atoms with E-state index < -0.39 is 0 Å². The maximum atomic E-state index is 5.34. The van der Waals surface area contributed by atoms with Crippen LogP contribution in [0.1, 0.15) is 27.2 Å². The van der Waals surface area contributed by atoms with E-state index in [2.05, 4.69) is 20.8 Å². The molecule has 0 aromatic heterocycles. The van der Waals surface area contributed by atoms with E-state index in [1.165, 1.54) is 6.16 Å². The van der Waals surface area contributed by atoms with Crippen LogP contribution in [-0.2, 0) is 0 Å². The van der Waals surface area contributed by atoms with Gasteiger partial charge in [-0.05, 0) is 24.7 Å². The lowest BCUT2D eigenvalue weighted by atomic mass is 10.3. The Balaban J connectivity index is 3.11. The van der Waals surface area contributed by atoms with Crippen molar-refractivity contribution < 1.29 is 0 Å². The third-order valence-electron chi connectivity index (χ3n) is 0.800. The highest BCUT2D eigenvalue weighted by molar-refractivity contribution is 7.39. The first kappa shape index (κ1) is 8.43. The number of hydrogen-bond donors (Lipinski definition) is 0. The summed E-state index contributed by atoms with van der Waals surface area (Å²) in [5.41, 5.74) is 0. The smallest absolute Gasteiger partial charge is 0.0207 e. The van der Waals surface area contributed by atoms with Crippen LogP contribution in [0.5, 0.6) is 0 Å². The van der Waals surface area contributed by atoms with Crippen LogP contribution >= 0.6 is 8.58 Å². The van der Waals surface area contributed by atoms with Crippen molar-refractivity contribution in [3.8, 4) is 0 Å². The Kier molecular flexibility index (Phi) is 3.64. The minimum absolute atomic E-state index is 0.499. The molecule has 1 heteroatoms. The van der Waals surface area contributed by atoms with Crippen molar-refractivity contribution in [1.82, 2.24) is 0 Å². The maximum Gasteiger partial charge on any atom is -0.0207 e. The van der Waals surface area contributed by atoms with E-state index in [-0.39, 0.29) is 0 Å². The molecule has 0 nitrogen and oxygen atoms in total. The summed E-state index contributed by atoms with van der Waals surface area (Å²) in [5.74, 6) is 0. The summed E-state index contributed by atoms with van der Waals surface area (Å²) in [6.45, 7) is 12.1. The Hall–Kier alpha value is 0.430. The van der Waals surface area contributed by atoms with Crippen molar-refractivity contribution in [3.05, 3.63) is 6.92 Å². The van der Waals surface area contributed by atoms with Gasteiger partial charge in [0.25, 0.3) is 0 Å². The maximum absolute atomic E-state index is 5.34. The third-order valence-corrected chi connectivity index (χ3v) is 2.40. The minimum atomic E-state index is 0.499. The first-order valence-corrected chi connectivity index (χ1v) is 4.22. The van der Waals surface area contributed by atoms with E-state index in [0.29, 0.717) is 5.16 Å². The molecule has 0 bridgehead atoms. The molecular formula is C7H15P. The molecule has 0 spiro atoms. The third kappa shape index (κ3) is 6.43. The topological polar surface area (TPSA) is 0 Å². The molecule has 1 unspecified atom stereocenters. The molecule has 48 valence electrons. The monoisotopic (exact) mass is 130 g/mol. The van der Waals surface area contributed by atoms with Gasteiger partial charge in [-0.25, -0.2) is 0 Å². The second kappa shape index (κ2) is 3.45. The predicted octanol–water partition coefficient (Wildman–Crippen LogP) is 2.56. The van der Waals surface area contributed by atoms with Gasteiger partial charge in [0.15, 0.2) is 0 Å². The lowest BCUT2D eigenvalue weighted by molar-refractivity contribution is 0.792. The molecule has 0 aromatic carbocycles. The summed E-state index contributed by atoms with van der Waals surface area (Å²) in [6, 6.07) is 0. The molecule has 0 fully saturated rings. The zero-order valence-corrected chi connectivity index (χ0v) is 6.99. The van der Waals surface area contributed by atoms with E-state index in [0.717, 1.165) is 15.0 Å². The van der Waals surface area contributed by atoms with Gasteiger partial charge in [0, 0.05) is 0 Å². The predicted molar refractivity (Wildman–Crippen MR) is 41.9 cm³/mol. The van der Waals surface area contributed by atoms with Crippen molar-refractivity contribution in [3.63, 3.8) is 0 Å². The highest BCUT2D eigenvalue weighted by atomic mass is 31.1. The molecule has 2 radical (unpaired) electrons. The average Bonchev–Trinajstić information content (AvgIpc) is 1.59. The second-order valence-electron chi connectivity index (χ2n) is 2.97. The zero-order valence-electron chi connectivity index (χ0n) is 5.99.